The van der Waals surface area contributed by atoms with Crippen LogP contribution in [0.25, 0.3) is 0 Å². The van der Waals surface area contributed by atoms with Crippen LogP contribution in [0.4, 0.5) is 5.69 Å². The highest BCUT2D eigenvalue weighted by atomic mass is 35.5. The minimum absolute atomic E-state index is 0.104. The average molecular weight is 441 g/mol. The van der Waals surface area contributed by atoms with Gasteiger partial charge < -0.3 is 5.32 Å². The number of anilines is 1. The van der Waals surface area contributed by atoms with E-state index in [1.807, 2.05) is 6.07 Å². The van der Waals surface area contributed by atoms with Crippen molar-refractivity contribution in [3.63, 3.8) is 0 Å². The molecule has 0 aliphatic heterocycles. The molecule has 0 atom stereocenters. The summed E-state index contributed by atoms with van der Waals surface area (Å²) in [7, 11) is -3.40. The molecule has 5 nitrogen and oxygen atoms in total. The number of nitrogens with one attached hydrogen (secondary N) is 2. The molecule has 0 aliphatic carbocycles. The van der Waals surface area contributed by atoms with Crippen molar-refractivity contribution >= 4 is 44.8 Å². The number of rotatable bonds is 10. The Kier molecular flexibility index (Phi) is 8.51. The molecule has 150 valence electrons. The molecule has 2 aromatic carbocycles. The van der Waals surface area contributed by atoms with E-state index in [0.717, 1.165) is 12.0 Å². The molecular formula is C20H22Cl2N2O3S. The predicted octanol–water partition coefficient (Wildman–Crippen LogP) is 4.56. The van der Waals surface area contributed by atoms with Gasteiger partial charge in [-0.05, 0) is 48.2 Å². The first-order valence-corrected chi connectivity index (χ1v) is 11.1. The lowest BCUT2D eigenvalue weighted by molar-refractivity contribution is -0.116. The van der Waals surface area contributed by atoms with Gasteiger partial charge in [0.15, 0.2) is 0 Å². The van der Waals surface area contributed by atoms with Gasteiger partial charge in [0.1, 0.15) is 0 Å². The summed E-state index contributed by atoms with van der Waals surface area (Å²) < 4.78 is 26.1. The first-order valence-electron chi connectivity index (χ1n) is 8.70. The molecule has 2 N–H and O–H groups in total. The minimum atomic E-state index is -3.40. The van der Waals surface area contributed by atoms with Crippen LogP contribution < -0.4 is 10.0 Å². The zero-order chi connectivity index (χ0) is 20.6. The summed E-state index contributed by atoms with van der Waals surface area (Å²) >= 11 is 11.9. The van der Waals surface area contributed by atoms with Crippen molar-refractivity contribution in [2.24, 2.45) is 0 Å². The highest BCUT2D eigenvalue weighted by Crippen LogP contribution is 2.23. The Bertz CT molecular complexity index is 929. The van der Waals surface area contributed by atoms with Crippen LogP contribution in [0, 0.1) is 0 Å². The molecule has 0 aromatic heterocycles. The summed E-state index contributed by atoms with van der Waals surface area (Å²) in [4.78, 5) is 12.1. The number of amides is 1. The van der Waals surface area contributed by atoms with Crippen molar-refractivity contribution in [2.75, 3.05) is 11.9 Å². The molecule has 1 amide bonds. The van der Waals surface area contributed by atoms with Crippen molar-refractivity contribution in [1.82, 2.24) is 4.72 Å². The van der Waals surface area contributed by atoms with E-state index in [4.69, 9.17) is 23.2 Å². The molecular weight excluding hydrogens is 419 g/mol. The molecule has 0 saturated carbocycles. The summed E-state index contributed by atoms with van der Waals surface area (Å²) in [5, 5.41) is 3.82. The average Bonchev–Trinajstić information content (AvgIpc) is 2.64. The van der Waals surface area contributed by atoms with Crippen molar-refractivity contribution < 1.29 is 13.2 Å². The maximum atomic E-state index is 12.1. The number of carbonyl (C=O) groups is 1. The standard InChI is InChI=1S/C20H22Cl2N2O3S/c1-2-12-23-28(26,27)14-16-6-9-17(10-7-16)24-20(25)5-3-4-15-8-11-18(21)19(22)13-15/h2,6-11,13,23H,1,3-5,12,14H2,(H,24,25). The van der Waals surface area contributed by atoms with E-state index in [2.05, 4.69) is 16.6 Å². The third kappa shape index (κ3) is 7.64. The second-order valence-corrected chi connectivity index (χ2v) is 8.86. The van der Waals surface area contributed by atoms with Gasteiger partial charge in [-0.15, -0.1) is 6.58 Å². The van der Waals surface area contributed by atoms with Crippen LogP contribution in [-0.4, -0.2) is 20.9 Å². The van der Waals surface area contributed by atoms with Gasteiger partial charge in [0.05, 0.1) is 15.8 Å². The highest BCUT2D eigenvalue weighted by Gasteiger charge is 2.10. The van der Waals surface area contributed by atoms with Crippen LogP contribution in [-0.2, 0) is 27.0 Å². The lowest BCUT2D eigenvalue weighted by atomic mass is 10.1. The van der Waals surface area contributed by atoms with Crippen LogP contribution in [0.1, 0.15) is 24.0 Å². The molecule has 0 unspecified atom stereocenters. The van der Waals surface area contributed by atoms with Crippen molar-refractivity contribution in [3.8, 4) is 0 Å². The second-order valence-electron chi connectivity index (χ2n) is 6.24. The second kappa shape index (κ2) is 10.6. The van der Waals surface area contributed by atoms with Crippen LogP contribution in [0.3, 0.4) is 0 Å². The van der Waals surface area contributed by atoms with E-state index in [9.17, 15) is 13.2 Å². The summed E-state index contributed by atoms with van der Waals surface area (Å²) in [6.45, 7) is 3.67. The fourth-order valence-electron chi connectivity index (χ4n) is 2.51. The summed E-state index contributed by atoms with van der Waals surface area (Å²) in [5.41, 5.74) is 2.28. The largest absolute Gasteiger partial charge is 0.326 e. The molecule has 0 spiro atoms. The molecule has 0 fully saturated rings. The van der Waals surface area contributed by atoms with E-state index in [-0.39, 0.29) is 18.2 Å². The SMILES string of the molecule is C=CCNS(=O)(=O)Cc1ccc(NC(=O)CCCc2ccc(Cl)c(Cl)c2)cc1. The van der Waals surface area contributed by atoms with Gasteiger partial charge in [-0.2, -0.15) is 0 Å². The molecule has 0 saturated heterocycles. The summed E-state index contributed by atoms with van der Waals surface area (Å²) in [6.07, 6.45) is 3.24. The Morgan fingerprint density at radius 2 is 1.71 bits per heavy atom. The van der Waals surface area contributed by atoms with Crippen molar-refractivity contribution in [1.29, 1.82) is 0 Å². The first kappa shape index (κ1) is 22.4. The van der Waals surface area contributed by atoms with Crippen LogP contribution in [0.2, 0.25) is 10.0 Å². The number of halogens is 2. The molecule has 2 aromatic rings. The lowest BCUT2D eigenvalue weighted by Gasteiger charge is -2.08. The highest BCUT2D eigenvalue weighted by molar-refractivity contribution is 7.88. The van der Waals surface area contributed by atoms with Gasteiger partial charge in [-0.3, -0.25) is 4.79 Å². The third-order valence-electron chi connectivity index (χ3n) is 3.90. The van der Waals surface area contributed by atoms with E-state index in [1.165, 1.54) is 6.08 Å². The van der Waals surface area contributed by atoms with Crippen molar-refractivity contribution in [3.05, 3.63) is 76.3 Å². The lowest BCUT2D eigenvalue weighted by Crippen LogP contribution is -2.25. The Morgan fingerprint density at radius 1 is 1.04 bits per heavy atom. The van der Waals surface area contributed by atoms with Crippen molar-refractivity contribution in [2.45, 2.75) is 25.0 Å². The quantitative estimate of drug-likeness (QED) is 0.531. The van der Waals surface area contributed by atoms with Gasteiger partial charge in [-0.1, -0.05) is 47.5 Å². The van der Waals surface area contributed by atoms with Crippen LogP contribution >= 0.6 is 23.2 Å². The molecule has 0 heterocycles. The van der Waals surface area contributed by atoms with E-state index < -0.39 is 10.0 Å². The van der Waals surface area contributed by atoms with E-state index in [0.29, 0.717) is 34.1 Å². The molecule has 2 rings (SSSR count). The van der Waals surface area contributed by atoms with Gasteiger partial charge in [0.25, 0.3) is 0 Å². The normalized spacial score (nSPS) is 11.2. The van der Waals surface area contributed by atoms with E-state index in [1.54, 1.807) is 36.4 Å². The number of hydrogen-bond acceptors (Lipinski definition) is 3. The minimum Gasteiger partial charge on any atom is -0.326 e. The Labute approximate surface area is 175 Å². The zero-order valence-electron chi connectivity index (χ0n) is 15.3. The number of sulfonamides is 1. The first-order chi connectivity index (χ1) is 13.3. The van der Waals surface area contributed by atoms with Crippen LogP contribution in [0.15, 0.2) is 55.1 Å². The maximum absolute atomic E-state index is 12.1. The molecule has 8 heteroatoms. The fourth-order valence-corrected chi connectivity index (χ4v) is 3.94. The number of aryl methyl sites for hydroxylation is 1. The Balaban J connectivity index is 1.80. The molecule has 28 heavy (non-hydrogen) atoms. The van der Waals surface area contributed by atoms with Gasteiger partial charge in [0, 0.05) is 18.7 Å². The maximum Gasteiger partial charge on any atom is 0.224 e. The monoisotopic (exact) mass is 440 g/mol. The summed E-state index contributed by atoms with van der Waals surface area (Å²) in [6, 6.07) is 12.2. The molecule has 0 radical (unpaired) electrons. The Hall–Kier alpha value is -1.86. The molecule has 0 bridgehead atoms. The predicted molar refractivity (Wildman–Crippen MR) is 115 cm³/mol. The van der Waals surface area contributed by atoms with Gasteiger partial charge in [0.2, 0.25) is 15.9 Å². The zero-order valence-corrected chi connectivity index (χ0v) is 17.6. The van der Waals surface area contributed by atoms with E-state index >= 15 is 0 Å². The Morgan fingerprint density at radius 3 is 2.36 bits per heavy atom. The third-order valence-corrected chi connectivity index (χ3v) is 5.95. The number of hydrogen-bond donors (Lipinski definition) is 2. The van der Waals surface area contributed by atoms with Gasteiger partial charge in [-0.25, -0.2) is 13.1 Å². The number of carbonyl (C=O) groups excluding carboxylic acids is 1. The van der Waals surface area contributed by atoms with Gasteiger partial charge >= 0.3 is 0 Å². The number of benzene rings is 2. The molecule has 0 aliphatic rings. The van der Waals surface area contributed by atoms with Crippen LogP contribution in [0.5, 0.6) is 0 Å². The summed E-state index contributed by atoms with van der Waals surface area (Å²) in [5.74, 6) is -0.230. The topological polar surface area (TPSA) is 75.3 Å². The fraction of sp³-hybridized carbons (Fsp3) is 0.250. The smallest absolute Gasteiger partial charge is 0.224 e.